The fourth-order valence-corrected chi connectivity index (χ4v) is 8.10. The number of rotatable bonds is 49. The zero-order valence-corrected chi connectivity index (χ0v) is 40.2. The summed E-state index contributed by atoms with van der Waals surface area (Å²) in [5.41, 5.74) is 0. The van der Waals surface area contributed by atoms with Crippen LogP contribution in [0.3, 0.4) is 0 Å². The maximum Gasteiger partial charge on any atom is 0.305 e. The molecule has 0 heterocycles. The maximum absolute atomic E-state index is 12.4. The summed E-state index contributed by atoms with van der Waals surface area (Å²) < 4.78 is 5.46. The van der Waals surface area contributed by atoms with Crippen LogP contribution in [0.2, 0.25) is 0 Å². The minimum atomic E-state index is -0.851. The molecule has 0 aromatic carbocycles. The van der Waals surface area contributed by atoms with Gasteiger partial charge in [0.15, 0.2) is 0 Å². The molecule has 0 saturated carbocycles. The predicted octanol–water partition coefficient (Wildman–Crippen LogP) is 15.9. The molecule has 354 valence electrons. The predicted molar refractivity (Wildman–Crippen MR) is 260 cm³/mol. The van der Waals surface area contributed by atoms with Gasteiger partial charge in [0.1, 0.15) is 0 Å². The number of nitrogens with one attached hydrogen (secondary N) is 1. The van der Waals surface area contributed by atoms with E-state index in [1.807, 2.05) is 6.08 Å². The van der Waals surface area contributed by atoms with Crippen LogP contribution >= 0.6 is 0 Å². The Morgan fingerprint density at radius 2 is 0.783 bits per heavy atom. The topological polar surface area (TPSA) is 95.9 Å². The highest BCUT2D eigenvalue weighted by molar-refractivity contribution is 5.76. The molecule has 0 aliphatic rings. The third-order valence-electron chi connectivity index (χ3n) is 12.2. The molecule has 0 aliphatic carbocycles. The summed E-state index contributed by atoms with van der Waals surface area (Å²) in [4.78, 5) is 24.4. The molecule has 0 spiro atoms. The van der Waals surface area contributed by atoms with E-state index in [0.29, 0.717) is 19.4 Å². The largest absolute Gasteiger partial charge is 0.466 e. The summed E-state index contributed by atoms with van der Waals surface area (Å²) in [5, 5.41) is 23.0. The summed E-state index contributed by atoms with van der Waals surface area (Å²) in [6.45, 7) is 4.88. The average Bonchev–Trinajstić information content (AvgIpc) is 3.25. The van der Waals surface area contributed by atoms with E-state index in [2.05, 4.69) is 31.3 Å². The van der Waals surface area contributed by atoms with Crippen LogP contribution in [0.1, 0.15) is 284 Å². The van der Waals surface area contributed by atoms with E-state index in [4.69, 9.17) is 4.74 Å². The highest BCUT2D eigenvalue weighted by Crippen LogP contribution is 2.16. The number of esters is 1. The van der Waals surface area contributed by atoms with E-state index in [-0.39, 0.29) is 18.5 Å². The average molecular weight is 846 g/mol. The van der Waals surface area contributed by atoms with Gasteiger partial charge in [0.25, 0.3) is 0 Å². The first-order valence-electron chi connectivity index (χ1n) is 26.6. The standard InChI is InChI=1S/C54H103NO5/c1-3-5-7-9-11-13-15-23-26-30-34-38-42-46-52(57)51(50-56)55-53(58)47-43-39-35-31-27-24-21-19-17-18-20-22-25-29-33-37-41-45-49-60-54(59)48-44-40-36-32-28-16-14-12-10-8-6-4-2/h19,21,42,46,51-52,56-57H,3-18,20,22-41,43-45,47-50H2,1-2H3,(H,55,58)/b21-19-,46-42+. The van der Waals surface area contributed by atoms with Crippen molar-refractivity contribution in [1.29, 1.82) is 0 Å². The molecule has 0 rings (SSSR count). The molecule has 1 amide bonds. The van der Waals surface area contributed by atoms with Gasteiger partial charge in [-0.1, -0.05) is 237 Å². The molecule has 6 nitrogen and oxygen atoms in total. The van der Waals surface area contributed by atoms with Gasteiger partial charge < -0.3 is 20.3 Å². The number of carbonyl (C=O) groups excluding carboxylic acids is 2. The third kappa shape index (κ3) is 45.9. The van der Waals surface area contributed by atoms with Crippen LogP contribution in [-0.4, -0.2) is 47.4 Å². The van der Waals surface area contributed by atoms with Crippen molar-refractivity contribution in [3.8, 4) is 0 Å². The number of unbranched alkanes of at least 4 members (excludes halogenated alkanes) is 36. The van der Waals surface area contributed by atoms with Crippen molar-refractivity contribution in [3.63, 3.8) is 0 Å². The summed E-state index contributed by atoms with van der Waals surface area (Å²) in [5.74, 6) is -0.0800. The van der Waals surface area contributed by atoms with Gasteiger partial charge in [-0.25, -0.2) is 0 Å². The molecule has 0 fully saturated rings. The van der Waals surface area contributed by atoms with E-state index in [9.17, 15) is 19.8 Å². The van der Waals surface area contributed by atoms with Crippen LogP contribution in [0.4, 0.5) is 0 Å². The quantitative estimate of drug-likeness (QED) is 0.0322. The minimum absolute atomic E-state index is 0.00249. The van der Waals surface area contributed by atoms with Gasteiger partial charge in [0.05, 0.1) is 25.4 Å². The molecular formula is C54H103NO5. The minimum Gasteiger partial charge on any atom is -0.466 e. The summed E-state index contributed by atoms with van der Waals surface area (Å²) >= 11 is 0. The van der Waals surface area contributed by atoms with Crippen LogP contribution in [0.25, 0.3) is 0 Å². The second-order valence-electron chi connectivity index (χ2n) is 18.2. The first kappa shape index (κ1) is 58.3. The molecular weight excluding hydrogens is 743 g/mol. The maximum atomic E-state index is 12.4. The third-order valence-corrected chi connectivity index (χ3v) is 12.2. The molecule has 60 heavy (non-hydrogen) atoms. The Morgan fingerprint density at radius 3 is 1.18 bits per heavy atom. The van der Waals surface area contributed by atoms with Gasteiger partial charge in [-0.15, -0.1) is 0 Å². The van der Waals surface area contributed by atoms with Gasteiger partial charge in [0.2, 0.25) is 5.91 Å². The first-order chi connectivity index (χ1) is 29.5. The number of ether oxygens (including phenoxy) is 1. The van der Waals surface area contributed by atoms with Gasteiger partial charge in [-0.3, -0.25) is 9.59 Å². The van der Waals surface area contributed by atoms with E-state index in [1.54, 1.807) is 6.08 Å². The number of hydrogen-bond donors (Lipinski definition) is 3. The molecule has 6 heteroatoms. The van der Waals surface area contributed by atoms with Crippen molar-refractivity contribution >= 4 is 11.9 Å². The van der Waals surface area contributed by atoms with Crippen LogP contribution in [0, 0.1) is 0 Å². The molecule has 2 atom stereocenters. The van der Waals surface area contributed by atoms with Gasteiger partial charge in [-0.05, 0) is 57.8 Å². The second-order valence-corrected chi connectivity index (χ2v) is 18.2. The van der Waals surface area contributed by atoms with Crippen LogP contribution < -0.4 is 5.32 Å². The highest BCUT2D eigenvalue weighted by Gasteiger charge is 2.18. The number of hydrogen-bond acceptors (Lipinski definition) is 5. The Morgan fingerprint density at radius 1 is 0.450 bits per heavy atom. The lowest BCUT2D eigenvalue weighted by Gasteiger charge is -2.20. The lowest BCUT2D eigenvalue weighted by Crippen LogP contribution is -2.45. The van der Waals surface area contributed by atoms with E-state index < -0.39 is 12.1 Å². The Bertz CT molecular complexity index is 935. The number of allylic oxidation sites excluding steroid dienone is 3. The monoisotopic (exact) mass is 846 g/mol. The lowest BCUT2D eigenvalue weighted by atomic mass is 10.0. The van der Waals surface area contributed by atoms with Crippen molar-refractivity contribution in [2.75, 3.05) is 13.2 Å². The summed E-state index contributed by atoms with van der Waals surface area (Å²) in [6, 6.07) is -0.636. The molecule has 0 radical (unpaired) electrons. The molecule has 0 aliphatic heterocycles. The number of carbonyl (C=O) groups is 2. The summed E-state index contributed by atoms with van der Waals surface area (Å²) in [7, 11) is 0. The van der Waals surface area contributed by atoms with Gasteiger partial charge >= 0.3 is 5.97 Å². The molecule has 3 N–H and O–H groups in total. The van der Waals surface area contributed by atoms with Crippen molar-refractivity contribution in [2.45, 2.75) is 296 Å². The van der Waals surface area contributed by atoms with Gasteiger partial charge in [0, 0.05) is 12.8 Å². The highest BCUT2D eigenvalue weighted by atomic mass is 16.5. The van der Waals surface area contributed by atoms with Crippen LogP contribution in [0.15, 0.2) is 24.3 Å². The van der Waals surface area contributed by atoms with Crippen molar-refractivity contribution < 1.29 is 24.5 Å². The molecule has 0 aromatic heterocycles. The number of aliphatic hydroxyl groups excluding tert-OH is 2. The second kappa shape index (κ2) is 50.0. The Balaban J connectivity index is 3.47. The summed E-state index contributed by atoms with van der Waals surface area (Å²) in [6.07, 6.45) is 59.0. The zero-order chi connectivity index (χ0) is 43.7. The SMILES string of the molecule is CCCCCCCCCCCCC/C=C/C(O)C(CO)NC(=O)CCCCCCC/C=C\CCCCCCCCCCCOC(=O)CCCCCCCCCCCCCC. The zero-order valence-electron chi connectivity index (χ0n) is 40.2. The first-order valence-corrected chi connectivity index (χ1v) is 26.6. The molecule has 0 bridgehead atoms. The Kier molecular flexibility index (Phi) is 48.6. The van der Waals surface area contributed by atoms with Crippen molar-refractivity contribution in [2.24, 2.45) is 0 Å². The Hall–Kier alpha value is -1.66. The smallest absolute Gasteiger partial charge is 0.305 e. The van der Waals surface area contributed by atoms with E-state index in [1.165, 1.54) is 199 Å². The van der Waals surface area contributed by atoms with Crippen molar-refractivity contribution in [1.82, 2.24) is 5.32 Å². The molecule has 0 aromatic rings. The fraction of sp³-hybridized carbons (Fsp3) is 0.889. The van der Waals surface area contributed by atoms with Crippen LogP contribution in [-0.2, 0) is 14.3 Å². The molecule has 0 saturated heterocycles. The number of aliphatic hydroxyl groups is 2. The molecule has 2 unspecified atom stereocenters. The van der Waals surface area contributed by atoms with E-state index >= 15 is 0 Å². The number of amides is 1. The van der Waals surface area contributed by atoms with E-state index in [0.717, 1.165) is 57.8 Å². The Labute approximate surface area is 373 Å². The normalized spacial score (nSPS) is 12.8. The van der Waals surface area contributed by atoms with Gasteiger partial charge in [-0.2, -0.15) is 0 Å². The van der Waals surface area contributed by atoms with Crippen LogP contribution in [0.5, 0.6) is 0 Å². The van der Waals surface area contributed by atoms with Crippen molar-refractivity contribution in [3.05, 3.63) is 24.3 Å². The fourth-order valence-electron chi connectivity index (χ4n) is 8.10. The lowest BCUT2D eigenvalue weighted by molar-refractivity contribution is -0.143.